The summed E-state index contributed by atoms with van der Waals surface area (Å²) in [4.78, 5) is 23.3. The molecule has 0 saturated carbocycles. The van der Waals surface area contributed by atoms with E-state index in [1.165, 1.54) is 6.92 Å². The average molecular weight is 444 g/mol. The predicted molar refractivity (Wildman–Crippen MR) is 122 cm³/mol. The third kappa shape index (κ3) is 8.30. The minimum absolute atomic E-state index is 0.368. The highest BCUT2D eigenvalue weighted by Crippen LogP contribution is 2.20. The molecule has 2 aromatic rings. The average Bonchev–Trinajstić information content (AvgIpc) is 2.73. The van der Waals surface area contributed by atoms with E-state index in [0.717, 1.165) is 22.3 Å². The number of rotatable bonds is 9. The number of carbonyl (C=O) groups excluding carboxylic acids is 2. The lowest BCUT2D eigenvalue weighted by Gasteiger charge is -2.19. The van der Waals surface area contributed by atoms with Gasteiger partial charge in [-0.2, -0.15) is 0 Å². The second-order valence-electron chi connectivity index (χ2n) is 8.65. The Balaban J connectivity index is 1.87. The molecule has 0 heterocycles. The van der Waals surface area contributed by atoms with Gasteiger partial charge < -0.3 is 15.2 Å². The second kappa shape index (κ2) is 11.6. The largest absolute Gasteiger partial charge is 0.444 e. The number of hydrogen-bond acceptors (Lipinski definition) is 6. The van der Waals surface area contributed by atoms with Crippen LogP contribution in [0.1, 0.15) is 38.8 Å². The van der Waals surface area contributed by atoms with Gasteiger partial charge in [0.25, 0.3) is 5.91 Å². The van der Waals surface area contributed by atoms with Crippen LogP contribution in [0.25, 0.3) is 11.1 Å². The predicted octanol–water partition coefficient (Wildman–Crippen LogP) is 2.77. The number of hydroxylamine groups is 1. The molecule has 0 aliphatic rings. The first kappa shape index (κ1) is 25.3. The SMILES string of the molecule is C[C@@H](O)[C@H](NCc1ccc(-c2ccc(CCNC(=O)OC(C)(C)C)cc2)cc1)C(=O)NO. The maximum atomic E-state index is 11.7. The van der Waals surface area contributed by atoms with E-state index < -0.39 is 29.7 Å². The zero-order chi connectivity index (χ0) is 23.7. The molecule has 0 aliphatic heterocycles. The Kier molecular flexibility index (Phi) is 9.19. The van der Waals surface area contributed by atoms with Crippen molar-refractivity contribution < 1.29 is 24.6 Å². The van der Waals surface area contributed by atoms with Crippen LogP contribution in [0.15, 0.2) is 48.5 Å². The summed E-state index contributed by atoms with van der Waals surface area (Å²) < 4.78 is 5.22. The summed E-state index contributed by atoms with van der Waals surface area (Å²) in [6, 6.07) is 15.1. The monoisotopic (exact) mass is 443 g/mol. The molecule has 8 heteroatoms. The summed E-state index contributed by atoms with van der Waals surface area (Å²) in [6.45, 7) is 7.83. The summed E-state index contributed by atoms with van der Waals surface area (Å²) in [5.41, 5.74) is 5.21. The quantitative estimate of drug-likeness (QED) is 0.300. The Morgan fingerprint density at radius 1 is 0.969 bits per heavy atom. The van der Waals surface area contributed by atoms with Crippen molar-refractivity contribution >= 4 is 12.0 Å². The van der Waals surface area contributed by atoms with Crippen LogP contribution in [-0.2, 0) is 22.5 Å². The molecule has 0 radical (unpaired) electrons. The van der Waals surface area contributed by atoms with Crippen molar-refractivity contribution in [1.29, 1.82) is 0 Å². The van der Waals surface area contributed by atoms with Crippen molar-refractivity contribution in [1.82, 2.24) is 16.1 Å². The molecular weight excluding hydrogens is 410 g/mol. The van der Waals surface area contributed by atoms with Crippen molar-refractivity contribution in [3.05, 3.63) is 59.7 Å². The fourth-order valence-corrected chi connectivity index (χ4v) is 3.08. The third-order valence-corrected chi connectivity index (χ3v) is 4.72. The summed E-state index contributed by atoms with van der Waals surface area (Å²) in [5, 5.41) is 24.1. The molecule has 8 nitrogen and oxygen atoms in total. The van der Waals surface area contributed by atoms with Crippen molar-refractivity contribution in [3.8, 4) is 11.1 Å². The highest BCUT2D eigenvalue weighted by Gasteiger charge is 2.22. The van der Waals surface area contributed by atoms with Crippen LogP contribution < -0.4 is 16.1 Å². The molecule has 5 N–H and O–H groups in total. The van der Waals surface area contributed by atoms with Crippen molar-refractivity contribution in [2.45, 2.75) is 58.4 Å². The van der Waals surface area contributed by atoms with Gasteiger partial charge in [-0.3, -0.25) is 15.3 Å². The van der Waals surface area contributed by atoms with Crippen LogP contribution in [-0.4, -0.2) is 46.6 Å². The smallest absolute Gasteiger partial charge is 0.407 e. The topological polar surface area (TPSA) is 120 Å². The van der Waals surface area contributed by atoms with Gasteiger partial charge in [0.1, 0.15) is 11.6 Å². The van der Waals surface area contributed by atoms with Crippen molar-refractivity contribution in [3.63, 3.8) is 0 Å². The molecule has 0 fully saturated rings. The maximum absolute atomic E-state index is 11.7. The van der Waals surface area contributed by atoms with Crippen LogP contribution in [0.4, 0.5) is 4.79 Å². The molecule has 0 saturated heterocycles. The van der Waals surface area contributed by atoms with Gasteiger partial charge in [0.15, 0.2) is 0 Å². The molecular formula is C24H33N3O5. The van der Waals surface area contributed by atoms with Crippen LogP contribution in [0.2, 0.25) is 0 Å². The summed E-state index contributed by atoms with van der Waals surface area (Å²) in [5.74, 6) is -0.682. The molecule has 32 heavy (non-hydrogen) atoms. The Hall–Kier alpha value is -2.94. The Morgan fingerprint density at radius 2 is 1.50 bits per heavy atom. The van der Waals surface area contributed by atoms with Crippen LogP contribution in [0.5, 0.6) is 0 Å². The Bertz CT molecular complexity index is 874. The summed E-state index contributed by atoms with van der Waals surface area (Å²) in [6.07, 6.45) is -0.657. The van der Waals surface area contributed by atoms with E-state index >= 15 is 0 Å². The maximum Gasteiger partial charge on any atom is 0.407 e. The molecule has 2 amide bonds. The van der Waals surface area contributed by atoms with Crippen molar-refractivity contribution in [2.75, 3.05) is 6.54 Å². The number of benzene rings is 2. The van der Waals surface area contributed by atoms with Gasteiger partial charge in [0.2, 0.25) is 0 Å². The third-order valence-electron chi connectivity index (χ3n) is 4.72. The molecule has 174 valence electrons. The molecule has 2 rings (SSSR count). The fraction of sp³-hybridized carbons (Fsp3) is 0.417. The molecule has 0 aromatic heterocycles. The minimum atomic E-state index is -0.945. The van der Waals surface area contributed by atoms with E-state index in [1.807, 2.05) is 69.3 Å². The lowest BCUT2D eigenvalue weighted by molar-refractivity contribution is -0.134. The molecule has 0 bridgehead atoms. The summed E-state index contributed by atoms with van der Waals surface area (Å²) >= 11 is 0. The molecule has 0 aliphatic carbocycles. The van der Waals surface area contributed by atoms with Gasteiger partial charge >= 0.3 is 6.09 Å². The Morgan fingerprint density at radius 3 is 1.97 bits per heavy atom. The lowest BCUT2D eigenvalue weighted by Crippen LogP contribution is -2.49. The number of alkyl carbamates (subject to hydrolysis) is 1. The van der Waals surface area contributed by atoms with E-state index in [1.54, 1.807) is 5.48 Å². The van der Waals surface area contributed by atoms with Gasteiger partial charge in [-0.1, -0.05) is 48.5 Å². The summed E-state index contributed by atoms with van der Waals surface area (Å²) in [7, 11) is 0. The molecule has 2 atom stereocenters. The first-order chi connectivity index (χ1) is 15.1. The van der Waals surface area contributed by atoms with E-state index in [2.05, 4.69) is 10.6 Å². The standard InChI is InChI=1S/C24H33N3O5/c1-16(28)21(22(29)27-31)26-15-18-7-11-20(12-8-18)19-9-5-17(6-10-19)13-14-25-23(30)32-24(2,3)4/h5-12,16,21,26,28,31H,13-15H2,1-4H3,(H,25,30)(H,27,29)/t16-,21+/m1/s1. The molecule has 2 aromatic carbocycles. The van der Waals surface area contributed by atoms with Gasteiger partial charge in [-0.05, 0) is 56.4 Å². The first-order valence-electron chi connectivity index (χ1n) is 10.6. The zero-order valence-corrected chi connectivity index (χ0v) is 19.0. The number of nitrogens with one attached hydrogen (secondary N) is 3. The molecule has 0 spiro atoms. The van der Waals surface area contributed by atoms with Gasteiger partial charge in [-0.25, -0.2) is 10.3 Å². The van der Waals surface area contributed by atoms with Crippen LogP contribution in [0.3, 0.4) is 0 Å². The number of aliphatic hydroxyl groups excluding tert-OH is 1. The second-order valence-corrected chi connectivity index (χ2v) is 8.65. The number of aliphatic hydroxyl groups is 1. The number of carbonyl (C=O) groups is 2. The van der Waals surface area contributed by atoms with E-state index in [4.69, 9.17) is 9.94 Å². The zero-order valence-electron chi connectivity index (χ0n) is 19.0. The number of ether oxygens (including phenoxy) is 1. The van der Waals surface area contributed by atoms with Gasteiger partial charge in [0.05, 0.1) is 6.10 Å². The van der Waals surface area contributed by atoms with E-state index in [0.29, 0.717) is 19.5 Å². The van der Waals surface area contributed by atoms with Crippen molar-refractivity contribution in [2.24, 2.45) is 0 Å². The van der Waals surface area contributed by atoms with Crippen LogP contribution in [0, 0.1) is 0 Å². The normalized spacial score (nSPS) is 13.2. The van der Waals surface area contributed by atoms with Crippen LogP contribution >= 0.6 is 0 Å². The minimum Gasteiger partial charge on any atom is -0.444 e. The number of amides is 2. The lowest BCUT2D eigenvalue weighted by atomic mass is 10.0. The fourth-order valence-electron chi connectivity index (χ4n) is 3.08. The van der Waals surface area contributed by atoms with Gasteiger partial charge in [-0.15, -0.1) is 0 Å². The van der Waals surface area contributed by atoms with E-state index in [-0.39, 0.29) is 0 Å². The van der Waals surface area contributed by atoms with E-state index in [9.17, 15) is 14.7 Å². The van der Waals surface area contributed by atoms with Gasteiger partial charge in [0, 0.05) is 13.1 Å². The Labute approximate surface area is 188 Å². The number of hydrogen-bond donors (Lipinski definition) is 5. The highest BCUT2D eigenvalue weighted by atomic mass is 16.6. The molecule has 0 unspecified atom stereocenters. The first-order valence-corrected chi connectivity index (χ1v) is 10.6. The highest BCUT2D eigenvalue weighted by molar-refractivity contribution is 5.81.